The molecule has 1 aromatic carbocycles. The third kappa shape index (κ3) is 4.89. The maximum absolute atomic E-state index is 13.2. The van der Waals surface area contributed by atoms with Crippen LogP contribution in [0.15, 0.2) is 66.0 Å². The summed E-state index contributed by atoms with van der Waals surface area (Å²) < 4.78 is 3.69. The molecule has 0 bridgehead atoms. The number of fused-ring (bicyclic) bond motifs is 2. The molecule has 190 valence electrons. The first-order chi connectivity index (χ1) is 18.0. The first kappa shape index (κ1) is 24.4. The number of benzene rings is 1. The highest BCUT2D eigenvalue weighted by molar-refractivity contribution is 5.93. The smallest absolute Gasteiger partial charge is 0.272 e. The van der Waals surface area contributed by atoms with Gasteiger partial charge in [0, 0.05) is 41.8 Å². The van der Waals surface area contributed by atoms with Crippen LogP contribution in [0.4, 0.5) is 0 Å². The lowest BCUT2D eigenvalue weighted by Crippen LogP contribution is -2.35. The average Bonchev–Trinajstić information content (AvgIpc) is 3.58. The Labute approximate surface area is 214 Å². The highest BCUT2D eigenvalue weighted by atomic mass is 16.2. The van der Waals surface area contributed by atoms with Gasteiger partial charge >= 0.3 is 0 Å². The number of hydrogen-bond donors (Lipinski definition) is 2. The van der Waals surface area contributed by atoms with E-state index in [0.717, 1.165) is 48.0 Å². The first-order valence-corrected chi connectivity index (χ1v) is 12.8. The summed E-state index contributed by atoms with van der Waals surface area (Å²) >= 11 is 0. The normalized spacial score (nSPS) is 13.2. The highest BCUT2D eigenvalue weighted by Gasteiger charge is 2.19. The predicted molar refractivity (Wildman–Crippen MR) is 144 cm³/mol. The summed E-state index contributed by atoms with van der Waals surface area (Å²) in [7, 11) is 0. The number of nitrogens with one attached hydrogen (secondary N) is 2. The van der Waals surface area contributed by atoms with Gasteiger partial charge in [0.2, 0.25) is 0 Å². The number of carbonyl (C=O) groups excluding carboxylic acids is 1. The number of aromatic nitrogens is 6. The van der Waals surface area contributed by atoms with Crippen molar-refractivity contribution in [2.24, 2.45) is 0 Å². The molecule has 5 aromatic rings. The zero-order chi connectivity index (χ0) is 25.9. The maximum atomic E-state index is 13.2. The fourth-order valence-electron chi connectivity index (χ4n) is 4.75. The molecule has 0 aliphatic rings. The van der Waals surface area contributed by atoms with Gasteiger partial charge in [0.25, 0.3) is 11.5 Å². The molecule has 2 N–H and O–H groups in total. The van der Waals surface area contributed by atoms with E-state index in [1.165, 1.54) is 0 Å². The molecular weight excluding hydrogens is 466 g/mol. The van der Waals surface area contributed by atoms with Crippen LogP contribution in [0, 0.1) is 0 Å². The number of aromatic amines is 1. The molecule has 0 unspecified atom stereocenters. The molecule has 37 heavy (non-hydrogen) atoms. The fourth-order valence-corrected chi connectivity index (χ4v) is 4.75. The molecule has 0 saturated carbocycles. The summed E-state index contributed by atoms with van der Waals surface area (Å²) in [4.78, 5) is 29.8. The lowest BCUT2D eigenvalue weighted by Gasteiger charge is -2.19. The van der Waals surface area contributed by atoms with Crippen molar-refractivity contribution >= 4 is 22.3 Å². The number of H-pyrrole nitrogens is 1. The van der Waals surface area contributed by atoms with Crippen LogP contribution in [0.2, 0.25) is 0 Å². The van der Waals surface area contributed by atoms with Gasteiger partial charge in [-0.3, -0.25) is 18.7 Å². The van der Waals surface area contributed by atoms with Crippen molar-refractivity contribution in [2.45, 2.75) is 58.5 Å². The Hall–Kier alpha value is -4.27. The second kappa shape index (κ2) is 10.4. The van der Waals surface area contributed by atoms with Gasteiger partial charge in [-0.05, 0) is 49.9 Å². The minimum atomic E-state index is -0.179. The molecule has 1 amide bonds. The predicted octanol–water partition coefficient (Wildman–Crippen LogP) is 4.55. The topological polar surface area (TPSA) is 110 Å². The van der Waals surface area contributed by atoms with E-state index in [4.69, 9.17) is 0 Å². The lowest BCUT2D eigenvalue weighted by atomic mass is 9.94. The van der Waals surface area contributed by atoms with E-state index < -0.39 is 0 Å². The average molecular weight is 498 g/mol. The van der Waals surface area contributed by atoms with Gasteiger partial charge in [-0.2, -0.15) is 10.2 Å². The van der Waals surface area contributed by atoms with E-state index in [1.54, 1.807) is 6.20 Å². The molecule has 4 aromatic heterocycles. The minimum Gasteiger partial charge on any atom is -0.348 e. The SMILES string of the molecule is CC[C@@H](CC[C@H](C)c1n[nH]c(=O)c2ccccc12)NC(=O)c1cnc2cc(-c3cnn(CC)c3)ccn12. The van der Waals surface area contributed by atoms with Crippen molar-refractivity contribution in [3.63, 3.8) is 0 Å². The Morgan fingerprint density at radius 2 is 1.89 bits per heavy atom. The van der Waals surface area contributed by atoms with E-state index in [0.29, 0.717) is 16.7 Å². The van der Waals surface area contributed by atoms with Crippen molar-refractivity contribution in [2.75, 3.05) is 0 Å². The number of carbonyl (C=O) groups is 1. The summed E-state index contributed by atoms with van der Waals surface area (Å²) in [5.41, 5.74) is 3.94. The molecule has 9 nitrogen and oxygen atoms in total. The Bertz CT molecular complexity index is 1610. The molecule has 0 aliphatic carbocycles. The summed E-state index contributed by atoms with van der Waals surface area (Å²) in [6.45, 7) is 7.03. The van der Waals surface area contributed by atoms with E-state index in [1.807, 2.05) is 71.0 Å². The zero-order valence-electron chi connectivity index (χ0n) is 21.3. The van der Waals surface area contributed by atoms with Crippen molar-refractivity contribution in [3.05, 3.63) is 82.9 Å². The van der Waals surface area contributed by atoms with Crippen LogP contribution < -0.4 is 10.9 Å². The molecule has 2 atom stereocenters. The molecule has 0 radical (unpaired) electrons. The van der Waals surface area contributed by atoms with Crippen LogP contribution in [0.1, 0.15) is 62.1 Å². The molecule has 4 heterocycles. The van der Waals surface area contributed by atoms with Gasteiger partial charge < -0.3 is 5.32 Å². The van der Waals surface area contributed by atoms with Crippen LogP contribution in [0.5, 0.6) is 0 Å². The number of rotatable bonds is 9. The van der Waals surface area contributed by atoms with Gasteiger partial charge in [-0.1, -0.05) is 32.0 Å². The van der Waals surface area contributed by atoms with Gasteiger partial charge in [-0.15, -0.1) is 0 Å². The third-order valence-electron chi connectivity index (χ3n) is 7.00. The van der Waals surface area contributed by atoms with Crippen LogP contribution in [0.3, 0.4) is 0 Å². The van der Waals surface area contributed by atoms with Gasteiger partial charge in [0.05, 0.1) is 23.5 Å². The molecule has 0 spiro atoms. The largest absolute Gasteiger partial charge is 0.348 e. The Balaban J connectivity index is 1.27. The molecule has 5 rings (SSSR count). The van der Waals surface area contributed by atoms with E-state index in [9.17, 15) is 9.59 Å². The second-order valence-corrected chi connectivity index (χ2v) is 9.41. The molecular formula is C28H31N7O2. The van der Waals surface area contributed by atoms with Crippen LogP contribution >= 0.6 is 0 Å². The Morgan fingerprint density at radius 1 is 1.08 bits per heavy atom. The molecule has 0 saturated heterocycles. The standard InChI is InChI=1S/C28H31N7O2/c1-4-21(11-10-18(3)26-22-8-6-7-9-23(22)27(36)33-32-26)31-28(37)24-16-29-25-14-19(12-13-35(24)25)20-15-30-34(5-2)17-20/h6-9,12-18,21H,4-5,10-11H2,1-3H3,(H,31,37)(H,33,36)/t18-,21-/m0/s1. The quantitative estimate of drug-likeness (QED) is 0.311. The van der Waals surface area contributed by atoms with Gasteiger partial charge in [0.15, 0.2) is 0 Å². The lowest BCUT2D eigenvalue weighted by molar-refractivity contribution is 0.0927. The van der Waals surface area contributed by atoms with E-state index in [-0.39, 0.29) is 23.4 Å². The first-order valence-electron chi connectivity index (χ1n) is 12.8. The van der Waals surface area contributed by atoms with Crippen molar-refractivity contribution in [1.29, 1.82) is 0 Å². The number of pyridine rings is 1. The number of aryl methyl sites for hydroxylation is 1. The number of amides is 1. The van der Waals surface area contributed by atoms with Gasteiger partial charge in [0.1, 0.15) is 11.3 Å². The third-order valence-corrected chi connectivity index (χ3v) is 7.00. The summed E-state index contributed by atoms with van der Waals surface area (Å²) in [6, 6.07) is 11.5. The van der Waals surface area contributed by atoms with Crippen LogP contribution in [-0.2, 0) is 6.54 Å². The van der Waals surface area contributed by atoms with Crippen molar-refractivity contribution in [1.82, 2.24) is 34.7 Å². The van der Waals surface area contributed by atoms with E-state index >= 15 is 0 Å². The van der Waals surface area contributed by atoms with Gasteiger partial charge in [-0.25, -0.2) is 10.1 Å². The summed E-state index contributed by atoms with van der Waals surface area (Å²) in [6.07, 6.45) is 9.76. The molecule has 0 aliphatic heterocycles. The summed E-state index contributed by atoms with van der Waals surface area (Å²) in [5, 5.41) is 16.0. The number of hydrogen-bond acceptors (Lipinski definition) is 5. The number of nitrogens with zero attached hydrogens (tertiary/aromatic N) is 5. The highest BCUT2D eigenvalue weighted by Crippen LogP contribution is 2.26. The molecule has 9 heteroatoms. The maximum Gasteiger partial charge on any atom is 0.272 e. The van der Waals surface area contributed by atoms with Crippen LogP contribution in [-0.4, -0.2) is 41.3 Å². The fraction of sp³-hybridized carbons (Fsp3) is 0.321. The van der Waals surface area contributed by atoms with E-state index in [2.05, 4.69) is 39.4 Å². The Morgan fingerprint density at radius 3 is 2.65 bits per heavy atom. The summed E-state index contributed by atoms with van der Waals surface area (Å²) in [5.74, 6) is -0.0230. The second-order valence-electron chi connectivity index (χ2n) is 9.41. The number of imidazole rings is 1. The molecule has 0 fully saturated rings. The monoisotopic (exact) mass is 497 g/mol. The van der Waals surface area contributed by atoms with Crippen molar-refractivity contribution < 1.29 is 4.79 Å². The van der Waals surface area contributed by atoms with Crippen molar-refractivity contribution in [3.8, 4) is 11.1 Å². The van der Waals surface area contributed by atoms with Crippen LogP contribution in [0.25, 0.3) is 27.5 Å². The Kier molecular flexibility index (Phi) is 6.85. The zero-order valence-corrected chi connectivity index (χ0v) is 21.3. The minimum absolute atomic E-state index is 0.00804.